The largest absolute Gasteiger partial charge is 0.454 e. The van der Waals surface area contributed by atoms with Crippen LogP contribution in [0.15, 0.2) is 48.5 Å². The van der Waals surface area contributed by atoms with Gasteiger partial charge in [-0.05, 0) is 49.2 Å². The molecule has 0 unspecified atom stereocenters. The minimum absolute atomic E-state index is 0.0122. The highest BCUT2D eigenvalue weighted by atomic mass is 35.5. The molecule has 2 aromatic rings. The molecule has 0 radical (unpaired) electrons. The number of rotatable bonds is 5. The summed E-state index contributed by atoms with van der Waals surface area (Å²) in [5.74, 6) is -1.38. The zero-order chi connectivity index (χ0) is 19.4. The van der Waals surface area contributed by atoms with Crippen LogP contribution in [0.25, 0.3) is 0 Å². The molecule has 6 nitrogen and oxygen atoms in total. The molecule has 1 aliphatic heterocycles. The van der Waals surface area contributed by atoms with E-state index in [0.29, 0.717) is 10.6 Å². The van der Waals surface area contributed by atoms with E-state index < -0.39 is 11.9 Å². The third-order valence-electron chi connectivity index (χ3n) is 4.33. The summed E-state index contributed by atoms with van der Waals surface area (Å²) in [6.45, 7) is 1.27. The second-order valence-electron chi connectivity index (χ2n) is 6.30. The van der Waals surface area contributed by atoms with E-state index in [1.807, 2.05) is 31.2 Å². The molecule has 7 heteroatoms. The summed E-state index contributed by atoms with van der Waals surface area (Å²) < 4.78 is 5.02. The molecule has 3 rings (SSSR count). The van der Waals surface area contributed by atoms with Crippen molar-refractivity contribution in [2.45, 2.75) is 19.4 Å². The van der Waals surface area contributed by atoms with E-state index in [4.69, 9.17) is 16.3 Å². The average molecular weight is 387 g/mol. The predicted octanol–water partition coefficient (Wildman–Crippen LogP) is 2.59. The molecule has 1 aliphatic rings. The summed E-state index contributed by atoms with van der Waals surface area (Å²) in [4.78, 5) is 37.9. The molecule has 2 amide bonds. The van der Waals surface area contributed by atoms with Gasteiger partial charge in [0.25, 0.3) is 11.8 Å². The molecule has 27 heavy (non-hydrogen) atoms. The second-order valence-corrected chi connectivity index (χ2v) is 6.73. The fraction of sp³-hybridized carbons (Fsp3) is 0.250. The van der Waals surface area contributed by atoms with Crippen LogP contribution < -0.4 is 10.2 Å². The van der Waals surface area contributed by atoms with Crippen LogP contribution in [0.2, 0.25) is 5.02 Å². The van der Waals surface area contributed by atoms with Crippen LogP contribution in [-0.4, -0.2) is 37.0 Å². The molecule has 0 fully saturated rings. The number of benzene rings is 2. The quantitative estimate of drug-likeness (QED) is 0.801. The highest BCUT2D eigenvalue weighted by molar-refractivity contribution is 6.30. The predicted molar refractivity (Wildman–Crippen MR) is 102 cm³/mol. The van der Waals surface area contributed by atoms with Crippen molar-refractivity contribution in [3.8, 4) is 0 Å². The number of nitrogens with zero attached hydrogens (tertiary/aromatic N) is 1. The topological polar surface area (TPSA) is 75.7 Å². The number of anilines is 1. The van der Waals surface area contributed by atoms with Gasteiger partial charge in [0.2, 0.25) is 0 Å². The molecule has 0 aliphatic carbocycles. The number of hydrogen-bond acceptors (Lipinski definition) is 4. The van der Waals surface area contributed by atoms with Crippen LogP contribution in [0.1, 0.15) is 22.8 Å². The minimum Gasteiger partial charge on any atom is -0.454 e. The number of para-hydroxylation sites is 1. The maximum atomic E-state index is 12.5. The van der Waals surface area contributed by atoms with E-state index >= 15 is 0 Å². The molecule has 1 atom stereocenters. The number of ether oxygens (including phenoxy) is 1. The lowest BCUT2D eigenvalue weighted by Gasteiger charge is -2.22. The Morgan fingerprint density at radius 2 is 1.85 bits per heavy atom. The van der Waals surface area contributed by atoms with E-state index in [9.17, 15) is 14.4 Å². The normalized spacial score (nSPS) is 15.2. The monoisotopic (exact) mass is 386 g/mol. The number of nitrogens with one attached hydrogen (secondary N) is 1. The van der Waals surface area contributed by atoms with Crippen molar-refractivity contribution >= 4 is 35.1 Å². The van der Waals surface area contributed by atoms with Crippen LogP contribution in [0.3, 0.4) is 0 Å². The molecule has 1 N–H and O–H groups in total. The summed E-state index contributed by atoms with van der Waals surface area (Å²) >= 11 is 5.77. The Labute approximate surface area is 162 Å². The van der Waals surface area contributed by atoms with Gasteiger partial charge in [-0.25, -0.2) is 0 Å². The summed E-state index contributed by atoms with van der Waals surface area (Å²) in [7, 11) is 0. The number of amides is 2. The van der Waals surface area contributed by atoms with Crippen molar-refractivity contribution < 1.29 is 19.1 Å². The maximum absolute atomic E-state index is 12.5. The first-order chi connectivity index (χ1) is 13.0. The Kier molecular flexibility index (Phi) is 5.76. The molecule has 0 spiro atoms. The number of carbonyl (C=O) groups excluding carboxylic acids is 3. The summed E-state index contributed by atoms with van der Waals surface area (Å²) in [6, 6.07) is 14.0. The van der Waals surface area contributed by atoms with Crippen LogP contribution in [0.4, 0.5) is 5.69 Å². The minimum atomic E-state index is -0.675. The third kappa shape index (κ3) is 4.46. The van der Waals surface area contributed by atoms with E-state index in [0.717, 1.165) is 17.7 Å². The Bertz CT molecular complexity index is 867. The van der Waals surface area contributed by atoms with Gasteiger partial charge in [0.05, 0.1) is 0 Å². The number of fused-ring (bicyclic) bond motifs is 1. The van der Waals surface area contributed by atoms with Gasteiger partial charge in [-0.2, -0.15) is 0 Å². The Morgan fingerprint density at radius 3 is 2.59 bits per heavy atom. The van der Waals surface area contributed by atoms with Crippen molar-refractivity contribution in [2.24, 2.45) is 0 Å². The lowest BCUT2D eigenvalue weighted by atomic mass is 10.1. The molecule has 0 bridgehead atoms. The SMILES string of the molecule is C[C@H]1Cc2ccccc2N1C(=O)COC(=O)CNC(=O)c1ccc(Cl)cc1. The van der Waals surface area contributed by atoms with Crippen LogP contribution in [-0.2, 0) is 20.7 Å². The first kappa shape index (κ1) is 18.9. The van der Waals surface area contributed by atoms with Gasteiger partial charge in [0.15, 0.2) is 6.61 Å². The lowest BCUT2D eigenvalue weighted by Crippen LogP contribution is -2.39. The second kappa shape index (κ2) is 8.22. The summed E-state index contributed by atoms with van der Waals surface area (Å²) in [6.07, 6.45) is 0.771. The molecular weight excluding hydrogens is 368 g/mol. The van der Waals surface area contributed by atoms with E-state index in [1.165, 1.54) is 0 Å². The first-order valence-corrected chi connectivity index (χ1v) is 8.93. The Morgan fingerprint density at radius 1 is 1.15 bits per heavy atom. The molecule has 1 heterocycles. The fourth-order valence-corrected chi connectivity index (χ4v) is 3.19. The summed E-state index contributed by atoms with van der Waals surface area (Å²) in [5.41, 5.74) is 2.33. The van der Waals surface area contributed by atoms with Crippen molar-refractivity contribution in [3.63, 3.8) is 0 Å². The molecule has 0 saturated heterocycles. The zero-order valence-corrected chi connectivity index (χ0v) is 15.5. The lowest BCUT2D eigenvalue weighted by molar-refractivity contribution is -0.146. The zero-order valence-electron chi connectivity index (χ0n) is 14.8. The first-order valence-electron chi connectivity index (χ1n) is 8.55. The Balaban J connectivity index is 1.48. The molecule has 0 saturated carbocycles. The standard InChI is InChI=1S/C20H19ClN2O4/c1-13-10-15-4-2-3-5-17(15)23(13)18(24)12-27-19(25)11-22-20(26)14-6-8-16(21)9-7-14/h2-9,13H,10-12H2,1H3,(H,22,26)/t13-/m0/s1. The van der Waals surface area contributed by atoms with Gasteiger partial charge >= 0.3 is 5.97 Å². The van der Waals surface area contributed by atoms with E-state index in [-0.39, 0.29) is 25.1 Å². The highest BCUT2D eigenvalue weighted by Gasteiger charge is 2.30. The third-order valence-corrected chi connectivity index (χ3v) is 4.58. The molecule has 2 aromatic carbocycles. The Hall–Kier alpha value is -2.86. The van der Waals surface area contributed by atoms with Gasteiger partial charge in [0.1, 0.15) is 6.54 Å². The van der Waals surface area contributed by atoms with Crippen molar-refractivity contribution in [1.82, 2.24) is 5.32 Å². The van der Waals surface area contributed by atoms with Gasteiger partial charge in [-0.3, -0.25) is 14.4 Å². The molecule has 140 valence electrons. The van der Waals surface area contributed by atoms with E-state index in [2.05, 4.69) is 5.32 Å². The highest BCUT2D eigenvalue weighted by Crippen LogP contribution is 2.31. The summed E-state index contributed by atoms with van der Waals surface area (Å²) in [5, 5.41) is 2.97. The van der Waals surface area contributed by atoms with Gasteiger partial charge in [-0.15, -0.1) is 0 Å². The van der Waals surface area contributed by atoms with Crippen molar-refractivity contribution in [1.29, 1.82) is 0 Å². The number of esters is 1. The molecule has 0 aromatic heterocycles. The van der Waals surface area contributed by atoms with Crippen molar-refractivity contribution in [3.05, 3.63) is 64.7 Å². The average Bonchev–Trinajstić information content (AvgIpc) is 3.00. The van der Waals surface area contributed by atoms with E-state index in [1.54, 1.807) is 29.2 Å². The van der Waals surface area contributed by atoms with Crippen LogP contribution in [0.5, 0.6) is 0 Å². The number of hydrogen-bond donors (Lipinski definition) is 1. The van der Waals surface area contributed by atoms with Crippen LogP contribution in [0, 0.1) is 0 Å². The smallest absolute Gasteiger partial charge is 0.325 e. The van der Waals surface area contributed by atoms with Gasteiger partial charge in [0, 0.05) is 22.3 Å². The van der Waals surface area contributed by atoms with Gasteiger partial charge in [-0.1, -0.05) is 29.8 Å². The maximum Gasteiger partial charge on any atom is 0.325 e. The number of halogens is 1. The van der Waals surface area contributed by atoms with Gasteiger partial charge < -0.3 is 15.0 Å². The van der Waals surface area contributed by atoms with Crippen LogP contribution >= 0.6 is 11.6 Å². The molecular formula is C20H19ClN2O4. The number of carbonyl (C=O) groups is 3. The fourth-order valence-electron chi connectivity index (χ4n) is 3.06. The van der Waals surface area contributed by atoms with Crippen molar-refractivity contribution in [2.75, 3.05) is 18.1 Å².